The third kappa shape index (κ3) is 10.7. The van der Waals surface area contributed by atoms with Gasteiger partial charge >= 0.3 is 0 Å². The summed E-state index contributed by atoms with van der Waals surface area (Å²) in [6.07, 6.45) is 18.1. The molecule has 2 fully saturated rings. The number of hydrogen-bond acceptors (Lipinski definition) is 4. The lowest BCUT2D eigenvalue weighted by atomic mass is 10.2. The molecule has 2 saturated heterocycles. The topological polar surface area (TPSA) is 43.5 Å². The number of rotatable bonds is 14. The number of unbranched alkanes of at least 4 members (excludes halogenated alkanes) is 2. The first-order valence-electron chi connectivity index (χ1n) is 8.29. The summed E-state index contributed by atoms with van der Waals surface area (Å²) in [5, 5.41) is 0. The number of ether oxygens (including phenoxy) is 4. The first kappa shape index (κ1) is 17.4. The summed E-state index contributed by atoms with van der Waals surface area (Å²) >= 11 is 0. The van der Waals surface area contributed by atoms with E-state index in [0.29, 0.717) is 25.4 Å². The average molecular weight is 308 g/mol. The standard InChI is InChI=1S/C18H28O4/c1(3-5-7-9-11-19-13-17-15-21-17)2-4-6-8-10-12-20-14-18-16-22-18/h1-2,7-10,17-18H,3-6,11-16H2/b2-1+,9-7+,10-8+. The van der Waals surface area contributed by atoms with E-state index in [1.54, 1.807) is 0 Å². The third-order valence-corrected chi connectivity index (χ3v) is 3.34. The van der Waals surface area contributed by atoms with Gasteiger partial charge in [-0.1, -0.05) is 36.5 Å². The van der Waals surface area contributed by atoms with Crippen LogP contribution < -0.4 is 0 Å². The second kappa shape index (κ2) is 11.6. The maximum atomic E-state index is 5.42. The molecule has 2 aliphatic heterocycles. The molecule has 4 heteroatoms. The Morgan fingerprint density at radius 1 is 0.636 bits per heavy atom. The highest BCUT2D eigenvalue weighted by atomic mass is 16.6. The highest BCUT2D eigenvalue weighted by molar-refractivity contribution is 4.90. The van der Waals surface area contributed by atoms with Crippen molar-refractivity contribution in [1.82, 2.24) is 0 Å². The van der Waals surface area contributed by atoms with Crippen LogP contribution in [0.4, 0.5) is 0 Å². The molecule has 0 bridgehead atoms. The number of hydrogen-bond donors (Lipinski definition) is 0. The summed E-state index contributed by atoms with van der Waals surface area (Å²) in [5.41, 5.74) is 0. The predicted octanol–water partition coefficient (Wildman–Crippen LogP) is 3.05. The quantitative estimate of drug-likeness (QED) is 0.281. The molecule has 0 aliphatic carbocycles. The van der Waals surface area contributed by atoms with Gasteiger partial charge in [-0.15, -0.1) is 0 Å². The first-order valence-corrected chi connectivity index (χ1v) is 8.29. The highest BCUT2D eigenvalue weighted by Gasteiger charge is 2.22. The monoisotopic (exact) mass is 308 g/mol. The smallest absolute Gasteiger partial charge is 0.104 e. The Morgan fingerprint density at radius 3 is 1.36 bits per heavy atom. The molecule has 2 heterocycles. The van der Waals surface area contributed by atoms with Crippen LogP contribution in [-0.2, 0) is 18.9 Å². The zero-order chi connectivity index (χ0) is 15.3. The van der Waals surface area contributed by atoms with Gasteiger partial charge in [0, 0.05) is 0 Å². The maximum Gasteiger partial charge on any atom is 0.104 e. The molecule has 4 nitrogen and oxygen atoms in total. The molecule has 0 N–H and O–H groups in total. The second-order valence-corrected chi connectivity index (χ2v) is 5.55. The summed E-state index contributed by atoms with van der Waals surface area (Å²) in [4.78, 5) is 0. The Morgan fingerprint density at radius 2 is 1.00 bits per heavy atom. The zero-order valence-electron chi connectivity index (χ0n) is 13.3. The molecule has 22 heavy (non-hydrogen) atoms. The Kier molecular flexibility index (Phi) is 9.19. The molecule has 0 radical (unpaired) electrons. The highest BCUT2D eigenvalue weighted by Crippen LogP contribution is 2.08. The Bertz CT molecular complexity index is 320. The van der Waals surface area contributed by atoms with E-state index in [1.165, 1.54) is 0 Å². The largest absolute Gasteiger partial charge is 0.375 e. The lowest BCUT2D eigenvalue weighted by Gasteiger charge is -1.95. The molecule has 0 amide bonds. The van der Waals surface area contributed by atoms with Crippen molar-refractivity contribution in [1.29, 1.82) is 0 Å². The summed E-state index contributed by atoms with van der Waals surface area (Å²) < 4.78 is 21.0. The lowest BCUT2D eigenvalue weighted by molar-refractivity contribution is 0.140. The van der Waals surface area contributed by atoms with Gasteiger partial charge in [0.25, 0.3) is 0 Å². The molecule has 2 rings (SSSR count). The Balaban J connectivity index is 1.28. The Labute approximate surface area is 133 Å². The molecule has 0 saturated carbocycles. The van der Waals surface area contributed by atoms with Crippen molar-refractivity contribution in [2.75, 3.05) is 39.6 Å². The lowest BCUT2D eigenvalue weighted by Crippen LogP contribution is -2.00. The minimum absolute atomic E-state index is 0.365. The summed E-state index contributed by atoms with van der Waals surface area (Å²) in [7, 11) is 0. The van der Waals surface area contributed by atoms with E-state index in [0.717, 1.165) is 52.1 Å². The van der Waals surface area contributed by atoms with Gasteiger partial charge in [0.15, 0.2) is 0 Å². The van der Waals surface area contributed by atoms with Crippen molar-refractivity contribution < 1.29 is 18.9 Å². The van der Waals surface area contributed by atoms with Gasteiger partial charge in [0.05, 0.1) is 39.6 Å². The molecule has 2 atom stereocenters. The van der Waals surface area contributed by atoms with Crippen LogP contribution in [0.15, 0.2) is 36.5 Å². The fourth-order valence-electron chi connectivity index (χ4n) is 1.86. The molecular weight excluding hydrogens is 280 g/mol. The summed E-state index contributed by atoms with van der Waals surface area (Å²) in [6, 6.07) is 0. The van der Waals surface area contributed by atoms with Gasteiger partial charge in [-0.05, 0) is 25.7 Å². The molecule has 0 spiro atoms. The van der Waals surface area contributed by atoms with Crippen LogP contribution in [0.2, 0.25) is 0 Å². The van der Waals surface area contributed by atoms with E-state index in [-0.39, 0.29) is 0 Å². The number of allylic oxidation sites excluding steroid dienone is 4. The Hall–Kier alpha value is -0.940. The molecule has 124 valence electrons. The third-order valence-electron chi connectivity index (χ3n) is 3.34. The van der Waals surface area contributed by atoms with Crippen molar-refractivity contribution in [3.63, 3.8) is 0 Å². The molecule has 0 aromatic carbocycles. The molecule has 0 aromatic rings. The van der Waals surface area contributed by atoms with Crippen molar-refractivity contribution in [3.05, 3.63) is 36.5 Å². The first-order chi connectivity index (χ1) is 10.9. The normalized spacial score (nSPS) is 24.0. The van der Waals surface area contributed by atoms with Crippen LogP contribution in [-0.4, -0.2) is 51.8 Å². The van der Waals surface area contributed by atoms with Crippen molar-refractivity contribution in [3.8, 4) is 0 Å². The van der Waals surface area contributed by atoms with Gasteiger partial charge in [-0.25, -0.2) is 0 Å². The average Bonchev–Trinajstić information content (AvgIpc) is 3.41. The van der Waals surface area contributed by atoms with Gasteiger partial charge in [0.2, 0.25) is 0 Å². The molecule has 2 aliphatic rings. The minimum atomic E-state index is 0.365. The SMILES string of the molecule is C(=C\CC/C=C/COCC1CO1)/CC/C=C/COCC1CO1. The summed E-state index contributed by atoms with van der Waals surface area (Å²) in [6.45, 7) is 4.60. The van der Waals surface area contributed by atoms with Gasteiger partial charge < -0.3 is 18.9 Å². The zero-order valence-corrected chi connectivity index (χ0v) is 13.3. The molecular formula is C18H28O4. The summed E-state index contributed by atoms with van der Waals surface area (Å²) in [5.74, 6) is 0. The van der Waals surface area contributed by atoms with Gasteiger partial charge in [-0.2, -0.15) is 0 Å². The predicted molar refractivity (Wildman–Crippen MR) is 87.0 cm³/mol. The van der Waals surface area contributed by atoms with Crippen LogP contribution >= 0.6 is 0 Å². The van der Waals surface area contributed by atoms with Crippen molar-refractivity contribution in [2.45, 2.75) is 37.9 Å². The van der Waals surface area contributed by atoms with Crippen molar-refractivity contribution in [2.24, 2.45) is 0 Å². The van der Waals surface area contributed by atoms with E-state index in [9.17, 15) is 0 Å². The maximum absolute atomic E-state index is 5.42. The van der Waals surface area contributed by atoms with E-state index in [2.05, 4.69) is 36.5 Å². The van der Waals surface area contributed by atoms with Crippen LogP contribution in [0.5, 0.6) is 0 Å². The second-order valence-electron chi connectivity index (χ2n) is 5.55. The van der Waals surface area contributed by atoms with Gasteiger partial charge in [0.1, 0.15) is 12.2 Å². The van der Waals surface area contributed by atoms with E-state index in [1.807, 2.05) is 0 Å². The van der Waals surface area contributed by atoms with Crippen LogP contribution in [0, 0.1) is 0 Å². The van der Waals surface area contributed by atoms with Gasteiger partial charge in [-0.3, -0.25) is 0 Å². The van der Waals surface area contributed by atoms with Crippen molar-refractivity contribution >= 4 is 0 Å². The fraction of sp³-hybridized carbons (Fsp3) is 0.667. The fourth-order valence-corrected chi connectivity index (χ4v) is 1.86. The van der Waals surface area contributed by atoms with Crippen LogP contribution in [0.3, 0.4) is 0 Å². The molecule has 0 aromatic heterocycles. The van der Waals surface area contributed by atoms with E-state index >= 15 is 0 Å². The minimum Gasteiger partial charge on any atom is -0.375 e. The molecule has 2 unspecified atom stereocenters. The van der Waals surface area contributed by atoms with Crippen LogP contribution in [0.1, 0.15) is 25.7 Å². The van der Waals surface area contributed by atoms with E-state index in [4.69, 9.17) is 18.9 Å². The number of epoxide rings is 2. The van der Waals surface area contributed by atoms with E-state index < -0.39 is 0 Å². The van der Waals surface area contributed by atoms with Crippen LogP contribution in [0.25, 0.3) is 0 Å².